The third-order valence-corrected chi connectivity index (χ3v) is 2.34. The summed E-state index contributed by atoms with van der Waals surface area (Å²) in [5.74, 6) is -1.78. The second kappa shape index (κ2) is 3.98. The monoisotopic (exact) mass is 228 g/mol. The van der Waals surface area contributed by atoms with Crippen molar-refractivity contribution in [2.24, 2.45) is 4.99 Å². The molecule has 1 aromatic rings. The highest BCUT2D eigenvalue weighted by Crippen LogP contribution is 2.22. The standard InChI is InChI=1S/C10H7ClF2N2/c11-10-3-4-14-6-15(10)7-1-2-8(12)9(13)5-7/h1-6,10H. The van der Waals surface area contributed by atoms with E-state index in [1.54, 1.807) is 12.3 Å². The van der Waals surface area contributed by atoms with Gasteiger partial charge < -0.3 is 4.90 Å². The van der Waals surface area contributed by atoms with Crippen LogP contribution in [0, 0.1) is 11.6 Å². The normalized spacial score (nSPS) is 19.7. The molecule has 0 saturated carbocycles. The lowest BCUT2D eigenvalue weighted by molar-refractivity contribution is 0.509. The van der Waals surface area contributed by atoms with Crippen molar-refractivity contribution in [2.45, 2.75) is 5.50 Å². The number of rotatable bonds is 1. The number of hydrogen-bond acceptors (Lipinski definition) is 2. The molecule has 2 rings (SSSR count). The van der Waals surface area contributed by atoms with Gasteiger partial charge in [-0.05, 0) is 18.2 Å². The van der Waals surface area contributed by atoms with Gasteiger partial charge in [-0.15, -0.1) is 0 Å². The van der Waals surface area contributed by atoms with Crippen molar-refractivity contribution in [3.8, 4) is 0 Å². The van der Waals surface area contributed by atoms with Crippen LogP contribution < -0.4 is 4.90 Å². The third kappa shape index (κ3) is 1.99. The number of hydrogen-bond donors (Lipinski definition) is 0. The van der Waals surface area contributed by atoms with Crippen molar-refractivity contribution in [1.29, 1.82) is 0 Å². The zero-order valence-corrected chi connectivity index (χ0v) is 8.33. The number of aliphatic imine (C=N–C) groups is 1. The second-order valence-electron chi connectivity index (χ2n) is 2.98. The Bertz CT molecular complexity index is 431. The van der Waals surface area contributed by atoms with E-state index in [9.17, 15) is 8.78 Å². The van der Waals surface area contributed by atoms with Crippen LogP contribution in [0.25, 0.3) is 0 Å². The van der Waals surface area contributed by atoms with Gasteiger partial charge in [-0.25, -0.2) is 13.8 Å². The van der Waals surface area contributed by atoms with E-state index in [1.165, 1.54) is 17.3 Å². The minimum absolute atomic E-state index is 0.438. The van der Waals surface area contributed by atoms with E-state index in [0.29, 0.717) is 5.69 Å². The fourth-order valence-corrected chi connectivity index (χ4v) is 1.47. The van der Waals surface area contributed by atoms with E-state index in [4.69, 9.17) is 11.6 Å². The zero-order valence-electron chi connectivity index (χ0n) is 7.57. The molecule has 15 heavy (non-hydrogen) atoms. The van der Waals surface area contributed by atoms with Crippen LogP contribution in [0.5, 0.6) is 0 Å². The lowest BCUT2D eigenvalue weighted by Crippen LogP contribution is -2.29. The fourth-order valence-electron chi connectivity index (χ4n) is 1.24. The molecule has 0 fully saturated rings. The largest absolute Gasteiger partial charge is 0.312 e. The summed E-state index contributed by atoms with van der Waals surface area (Å²) >= 11 is 5.94. The van der Waals surface area contributed by atoms with Crippen molar-refractivity contribution in [3.63, 3.8) is 0 Å². The van der Waals surface area contributed by atoms with Crippen molar-refractivity contribution in [1.82, 2.24) is 0 Å². The second-order valence-corrected chi connectivity index (χ2v) is 3.43. The maximum Gasteiger partial charge on any atom is 0.160 e. The van der Waals surface area contributed by atoms with Gasteiger partial charge in [0.1, 0.15) is 5.50 Å². The lowest BCUT2D eigenvalue weighted by Gasteiger charge is -2.24. The first kappa shape index (κ1) is 10.1. The summed E-state index contributed by atoms with van der Waals surface area (Å²) in [5.41, 5.74) is 0.0226. The van der Waals surface area contributed by atoms with E-state index >= 15 is 0 Å². The maximum absolute atomic E-state index is 13.0. The minimum atomic E-state index is -0.903. The van der Waals surface area contributed by atoms with Crippen LogP contribution in [0.2, 0.25) is 0 Å². The van der Waals surface area contributed by atoms with Gasteiger partial charge in [0.25, 0.3) is 0 Å². The quantitative estimate of drug-likeness (QED) is 0.533. The van der Waals surface area contributed by atoms with Gasteiger partial charge in [0.15, 0.2) is 11.6 Å². The van der Waals surface area contributed by atoms with Crippen LogP contribution in [-0.4, -0.2) is 11.8 Å². The van der Waals surface area contributed by atoms with Gasteiger partial charge in [-0.2, -0.15) is 0 Å². The molecule has 1 aromatic carbocycles. The van der Waals surface area contributed by atoms with Gasteiger partial charge >= 0.3 is 0 Å². The fraction of sp³-hybridized carbons (Fsp3) is 0.100. The summed E-state index contributed by atoms with van der Waals surface area (Å²) in [7, 11) is 0. The first-order valence-corrected chi connectivity index (χ1v) is 4.69. The Morgan fingerprint density at radius 2 is 2.07 bits per heavy atom. The molecule has 78 valence electrons. The molecule has 1 atom stereocenters. The molecular weight excluding hydrogens is 222 g/mol. The number of benzene rings is 1. The number of anilines is 1. The lowest BCUT2D eigenvalue weighted by atomic mass is 10.2. The third-order valence-electron chi connectivity index (χ3n) is 1.99. The summed E-state index contributed by atoms with van der Waals surface area (Å²) in [4.78, 5) is 5.39. The van der Waals surface area contributed by atoms with Crippen LogP contribution >= 0.6 is 11.6 Å². The van der Waals surface area contributed by atoms with Gasteiger partial charge in [0, 0.05) is 18.0 Å². The van der Waals surface area contributed by atoms with E-state index in [-0.39, 0.29) is 0 Å². The predicted octanol–water partition coefficient (Wildman–Crippen LogP) is 2.89. The molecule has 1 aliphatic rings. The molecule has 0 bridgehead atoms. The molecule has 1 unspecified atom stereocenters. The smallest absolute Gasteiger partial charge is 0.160 e. The summed E-state index contributed by atoms with van der Waals surface area (Å²) in [6, 6.07) is 3.58. The van der Waals surface area contributed by atoms with E-state index in [2.05, 4.69) is 4.99 Å². The summed E-state index contributed by atoms with van der Waals surface area (Å²) < 4.78 is 25.6. The Morgan fingerprint density at radius 3 is 2.73 bits per heavy atom. The molecule has 0 saturated heterocycles. The van der Waals surface area contributed by atoms with Crippen molar-refractivity contribution >= 4 is 23.6 Å². The summed E-state index contributed by atoms with van der Waals surface area (Å²) in [5, 5.41) is 0. The molecule has 0 spiro atoms. The molecule has 1 aliphatic heterocycles. The molecule has 2 nitrogen and oxygen atoms in total. The van der Waals surface area contributed by atoms with Crippen LogP contribution in [-0.2, 0) is 0 Å². The van der Waals surface area contributed by atoms with Gasteiger partial charge in [-0.3, -0.25) is 0 Å². The number of alkyl halides is 1. The van der Waals surface area contributed by atoms with Crippen LogP contribution in [0.3, 0.4) is 0 Å². The highest BCUT2D eigenvalue weighted by Gasteiger charge is 2.15. The van der Waals surface area contributed by atoms with Crippen LogP contribution in [0.15, 0.2) is 35.5 Å². The molecule has 0 aromatic heterocycles. The predicted molar refractivity (Wildman–Crippen MR) is 56.1 cm³/mol. The van der Waals surface area contributed by atoms with Gasteiger partial charge in [-0.1, -0.05) is 11.6 Å². The average Bonchev–Trinajstić information content (AvgIpc) is 2.23. The van der Waals surface area contributed by atoms with Crippen molar-refractivity contribution < 1.29 is 8.78 Å². The minimum Gasteiger partial charge on any atom is -0.312 e. The first-order chi connectivity index (χ1) is 7.18. The molecular formula is C10H7ClF2N2. The highest BCUT2D eigenvalue weighted by molar-refractivity contribution is 6.24. The van der Waals surface area contributed by atoms with Crippen LogP contribution in [0.1, 0.15) is 0 Å². The topological polar surface area (TPSA) is 15.6 Å². The van der Waals surface area contributed by atoms with E-state index < -0.39 is 17.1 Å². The Balaban J connectivity index is 2.33. The molecule has 0 aliphatic carbocycles. The van der Waals surface area contributed by atoms with Crippen molar-refractivity contribution in [3.05, 3.63) is 42.1 Å². The Morgan fingerprint density at radius 1 is 1.27 bits per heavy atom. The SMILES string of the molecule is Fc1ccc(N2C=NC=CC2Cl)cc1F. The number of halogens is 3. The van der Waals surface area contributed by atoms with Gasteiger partial charge in [0.2, 0.25) is 0 Å². The Hall–Kier alpha value is -1.42. The zero-order chi connectivity index (χ0) is 10.8. The summed E-state index contributed by atoms with van der Waals surface area (Å²) in [6.07, 6.45) is 4.65. The Labute approximate surface area is 90.5 Å². The molecule has 0 N–H and O–H groups in total. The number of nitrogens with zero attached hydrogens (tertiary/aromatic N) is 2. The maximum atomic E-state index is 13.0. The average molecular weight is 229 g/mol. The van der Waals surface area contributed by atoms with Gasteiger partial charge in [0.05, 0.1) is 6.34 Å². The summed E-state index contributed by atoms with van der Waals surface area (Å²) in [6.45, 7) is 0. The van der Waals surface area contributed by atoms with E-state index in [1.807, 2.05) is 0 Å². The molecule has 0 amide bonds. The molecule has 5 heteroatoms. The highest BCUT2D eigenvalue weighted by atomic mass is 35.5. The van der Waals surface area contributed by atoms with Crippen LogP contribution in [0.4, 0.5) is 14.5 Å². The molecule has 0 radical (unpaired) electrons. The van der Waals surface area contributed by atoms with E-state index in [0.717, 1.165) is 12.1 Å². The van der Waals surface area contributed by atoms with Crippen molar-refractivity contribution in [2.75, 3.05) is 4.90 Å². The Kier molecular flexibility index (Phi) is 2.68. The first-order valence-electron chi connectivity index (χ1n) is 4.26. The molecule has 1 heterocycles.